The quantitative estimate of drug-likeness (QED) is 0.566. The fourth-order valence-electron chi connectivity index (χ4n) is 1.42. The first-order chi connectivity index (χ1) is 4.93. The van der Waals surface area contributed by atoms with E-state index in [2.05, 4.69) is 5.10 Å². The highest BCUT2D eigenvalue weighted by atomic mass is 16.3. The van der Waals surface area contributed by atoms with E-state index in [1.807, 2.05) is 6.92 Å². The summed E-state index contributed by atoms with van der Waals surface area (Å²) in [6.45, 7) is 5.41. The fourth-order valence-corrected chi connectivity index (χ4v) is 1.42. The minimum absolute atomic E-state index is 0.234. The van der Waals surface area contributed by atoms with E-state index in [1.54, 1.807) is 13.8 Å². The summed E-state index contributed by atoms with van der Waals surface area (Å²) in [5.41, 5.74) is 5.63. The topological polar surface area (TPSA) is 61.8 Å². The van der Waals surface area contributed by atoms with E-state index in [-0.39, 0.29) is 6.17 Å². The van der Waals surface area contributed by atoms with Gasteiger partial charge >= 0.3 is 0 Å². The molecule has 0 amide bonds. The van der Waals surface area contributed by atoms with Crippen LogP contribution in [0.3, 0.4) is 0 Å². The number of nitrogens with two attached hydrogens (primary N) is 1. The van der Waals surface area contributed by atoms with Crippen molar-refractivity contribution in [3.05, 3.63) is 0 Å². The molecular formula is C7H15N3O. The third-order valence-corrected chi connectivity index (χ3v) is 1.75. The van der Waals surface area contributed by atoms with Crippen molar-refractivity contribution in [1.29, 1.82) is 0 Å². The molecular weight excluding hydrogens is 142 g/mol. The molecule has 1 aliphatic heterocycles. The molecule has 0 fully saturated rings. The Bertz CT molecular complexity index is 186. The van der Waals surface area contributed by atoms with E-state index in [9.17, 15) is 5.11 Å². The minimum atomic E-state index is -0.891. The van der Waals surface area contributed by atoms with Crippen LogP contribution in [0.4, 0.5) is 0 Å². The maximum Gasteiger partial charge on any atom is 0.157 e. The monoisotopic (exact) mass is 157 g/mol. The van der Waals surface area contributed by atoms with Gasteiger partial charge in [-0.3, -0.25) is 0 Å². The molecule has 0 aromatic heterocycles. The van der Waals surface area contributed by atoms with Gasteiger partial charge in [0, 0.05) is 12.1 Å². The van der Waals surface area contributed by atoms with E-state index in [1.165, 1.54) is 5.01 Å². The lowest BCUT2D eigenvalue weighted by Gasteiger charge is -2.31. The minimum Gasteiger partial charge on any atom is -0.369 e. The molecule has 3 N–H and O–H groups in total. The molecule has 0 saturated carbocycles. The summed E-state index contributed by atoms with van der Waals surface area (Å²) in [6.07, 6.45) is 0.344. The van der Waals surface area contributed by atoms with Crippen LogP contribution < -0.4 is 5.73 Å². The van der Waals surface area contributed by atoms with Crippen molar-refractivity contribution < 1.29 is 5.11 Å². The van der Waals surface area contributed by atoms with Crippen LogP contribution in [0.25, 0.3) is 0 Å². The van der Waals surface area contributed by atoms with Crippen molar-refractivity contribution in [1.82, 2.24) is 5.01 Å². The first-order valence-electron chi connectivity index (χ1n) is 3.75. The predicted octanol–water partition coefficient (Wildman–Crippen LogP) is 0.0812. The van der Waals surface area contributed by atoms with Gasteiger partial charge in [-0.05, 0) is 20.8 Å². The number of rotatable bonds is 1. The number of nitrogens with zero attached hydrogens (tertiary/aromatic N) is 2. The molecule has 0 spiro atoms. The highest BCUT2D eigenvalue weighted by molar-refractivity contribution is 5.84. The first kappa shape index (κ1) is 8.49. The second-order valence-electron chi connectivity index (χ2n) is 3.31. The Labute approximate surface area is 66.7 Å². The van der Waals surface area contributed by atoms with Gasteiger partial charge in [-0.1, -0.05) is 0 Å². The molecule has 2 unspecified atom stereocenters. The summed E-state index contributed by atoms with van der Waals surface area (Å²) < 4.78 is 0. The summed E-state index contributed by atoms with van der Waals surface area (Å²) in [5, 5.41) is 15.4. The average molecular weight is 157 g/mol. The number of aliphatic hydroxyl groups is 1. The molecule has 0 radical (unpaired) electrons. The lowest BCUT2D eigenvalue weighted by Crippen LogP contribution is -2.48. The van der Waals surface area contributed by atoms with E-state index in [4.69, 9.17) is 5.73 Å². The van der Waals surface area contributed by atoms with Gasteiger partial charge < -0.3 is 10.8 Å². The number of hydrogen-bond acceptors (Lipinski definition) is 4. The SMILES string of the molecule is CC1=NN(C(C)N)C(C)(O)C1. The molecule has 1 heterocycles. The van der Waals surface area contributed by atoms with E-state index < -0.39 is 5.72 Å². The normalized spacial score (nSPS) is 33.9. The van der Waals surface area contributed by atoms with Gasteiger partial charge in [0.1, 0.15) is 0 Å². The second kappa shape index (κ2) is 2.46. The Kier molecular flexibility index (Phi) is 1.90. The largest absolute Gasteiger partial charge is 0.369 e. The molecule has 2 atom stereocenters. The van der Waals surface area contributed by atoms with Gasteiger partial charge in [0.15, 0.2) is 5.72 Å². The molecule has 4 nitrogen and oxygen atoms in total. The lowest BCUT2D eigenvalue weighted by molar-refractivity contribution is -0.0923. The molecule has 64 valence electrons. The Morgan fingerprint density at radius 1 is 1.82 bits per heavy atom. The van der Waals surface area contributed by atoms with Crippen LogP contribution in [0, 0.1) is 0 Å². The van der Waals surface area contributed by atoms with Crippen molar-refractivity contribution in [3.63, 3.8) is 0 Å². The maximum absolute atomic E-state index is 9.73. The lowest BCUT2D eigenvalue weighted by atomic mass is 10.1. The van der Waals surface area contributed by atoms with E-state index in [0.717, 1.165) is 5.71 Å². The molecule has 0 saturated heterocycles. The third-order valence-electron chi connectivity index (χ3n) is 1.75. The van der Waals surface area contributed by atoms with Crippen LogP contribution in [0.2, 0.25) is 0 Å². The fraction of sp³-hybridized carbons (Fsp3) is 0.857. The first-order valence-corrected chi connectivity index (χ1v) is 3.75. The van der Waals surface area contributed by atoms with E-state index in [0.29, 0.717) is 6.42 Å². The molecule has 4 heteroatoms. The Hall–Kier alpha value is -0.610. The molecule has 0 aromatic rings. The summed E-state index contributed by atoms with van der Waals surface area (Å²) in [5.74, 6) is 0. The van der Waals surface area contributed by atoms with Crippen LogP contribution in [0.15, 0.2) is 5.10 Å². The van der Waals surface area contributed by atoms with Crippen molar-refractivity contribution in [2.24, 2.45) is 10.8 Å². The van der Waals surface area contributed by atoms with Crippen LogP contribution >= 0.6 is 0 Å². The summed E-state index contributed by atoms with van der Waals surface area (Å²) in [4.78, 5) is 0. The highest BCUT2D eigenvalue weighted by Gasteiger charge is 2.36. The number of hydrogen-bond donors (Lipinski definition) is 2. The summed E-state index contributed by atoms with van der Waals surface area (Å²) >= 11 is 0. The van der Waals surface area contributed by atoms with Gasteiger partial charge in [0.2, 0.25) is 0 Å². The van der Waals surface area contributed by atoms with Crippen LogP contribution in [-0.2, 0) is 0 Å². The van der Waals surface area contributed by atoms with Gasteiger partial charge in [0.05, 0.1) is 6.17 Å². The zero-order chi connectivity index (χ0) is 8.65. The third kappa shape index (κ3) is 1.52. The Balaban J connectivity index is 2.78. The molecule has 1 rings (SSSR count). The molecule has 0 aliphatic carbocycles. The maximum atomic E-state index is 9.73. The molecule has 0 bridgehead atoms. The van der Waals surface area contributed by atoms with E-state index >= 15 is 0 Å². The summed E-state index contributed by atoms with van der Waals surface area (Å²) in [7, 11) is 0. The van der Waals surface area contributed by atoms with Crippen molar-refractivity contribution >= 4 is 5.71 Å². The summed E-state index contributed by atoms with van der Waals surface area (Å²) in [6, 6.07) is 0. The molecule has 1 aliphatic rings. The van der Waals surface area contributed by atoms with Gasteiger partial charge in [-0.2, -0.15) is 5.10 Å². The zero-order valence-electron chi connectivity index (χ0n) is 7.20. The Morgan fingerprint density at radius 3 is 2.55 bits per heavy atom. The highest BCUT2D eigenvalue weighted by Crippen LogP contribution is 2.24. The average Bonchev–Trinajstić information content (AvgIpc) is 2.04. The smallest absolute Gasteiger partial charge is 0.157 e. The van der Waals surface area contributed by atoms with Gasteiger partial charge in [0.25, 0.3) is 0 Å². The predicted molar refractivity (Wildman–Crippen MR) is 43.8 cm³/mol. The molecule has 0 aromatic carbocycles. The Morgan fingerprint density at radius 2 is 2.36 bits per heavy atom. The van der Waals surface area contributed by atoms with Crippen molar-refractivity contribution in [2.75, 3.05) is 0 Å². The standard InChI is InChI=1S/C7H15N3O/c1-5-4-7(3,11)10(9-5)6(2)8/h6,11H,4,8H2,1-3H3. The van der Waals surface area contributed by atoms with Gasteiger partial charge in [-0.25, -0.2) is 5.01 Å². The van der Waals surface area contributed by atoms with Crippen molar-refractivity contribution in [2.45, 2.75) is 39.1 Å². The number of hydrazone groups is 1. The van der Waals surface area contributed by atoms with Crippen LogP contribution in [-0.4, -0.2) is 27.7 Å². The van der Waals surface area contributed by atoms with Crippen LogP contribution in [0.1, 0.15) is 27.2 Å². The molecule has 11 heavy (non-hydrogen) atoms. The zero-order valence-corrected chi connectivity index (χ0v) is 7.20. The van der Waals surface area contributed by atoms with Gasteiger partial charge in [-0.15, -0.1) is 0 Å². The second-order valence-corrected chi connectivity index (χ2v) is 3.31. The van der Waals surface area contributed by atoms with Crippen molar-refractivity contribution in [3.8, 4) is 0 Å². The van der Waals surface area contributed by atoms with Crippen LogP contribution in [0.5, 0.6) is 0 Å².